The van der Waals surface area contributed by atoms with Gasteiger partial charge >= 0.3 is 0 Å². The third kappa shape index (κ3) is 7.05. The van der Waals surface area contributed by atoms with E-state index in [1.54, 1.807) is 24.1 Å². The number of hydrogen-bond acceptors (Lipinski definition) is 7. The van der Waals surface area contributed by atoms with Gasteiger partial charge in [0.15, 0.2) is 0 Å². The summed E-state index contributed by atoms with van der Waals surface area (Å²) in [6.07, 6.45) is 2.97. The van der Waals surface area contributed by atoms with Crippen LogP contribution < -0.4 is 14.8 Å². The van der Waals surface area contributed by atoms with E-state index in [0.29, 0.717) is 36.4 Å². The molecule has 1 fully saturated rings. The van der Waals surface area contributed by atoms with Crippen molar-refractivity contribution in [1.29, 1.82) is 0 Å². The molecule has 2 aliphatic heterocycles. The van der Waals surface area contributed by atoms with Gasteiger partial charge in [0.1, 0.15) is 18.5 Å². The van der Waals surface area contributed by atoms with Crippen molar-refractivity contribution in [2.24, 2.45) is 0 Å². The number of carbonyl (C=O) groups excluding carboxylic acids is 2. The number of sulfonamides is 1. The van der Waals surface area contributed by atoms with Gasteiger partial charge in [-0.1, -0.05) is 0 Å². The molecule has 1 aromatic rings. The molecule has 0 radical (unpaired) electrons. The quantitative estimate of drug-likeness (QED) is 0.529. The van der Waals surface area contributed by atoms with Crippen LogP contribution >= 0.6 is 0 Å². The summed E-state index contributed by atoms with van der Waals surface area (Å²) in [6.45, 7) is 1.77. The van der Waals surface area contributed by atoms with Crippen molar-refractivity contribution in [1.82, 2.24) is 15.1 Å². The predicted octanol–water partition coefficient (Wildman–Crippen LogP) is 0.897. The smallest absolute Gasteiger partial charge is 0.257 e. The minimum atomic E-state index is -3.47. The van der Waals surface area contributed by atoms with Crippen LogP contribution in [0.1, 0.15) is 36.0 Å². The van der Waals surface area contributed by atoms with Crippen LogP contribution in [0.2, 0.25) is 0 Å². The number of fused-ring (bicyclic) bond motifs is 2. The van der Waals surface area contributed by atoms with E-state index in [1.807, 2.05) is 14.1 Å². The number of benzene rings is 1. The average molecular weight is 483 g/mol. The van der Waals surface area contributed by atoms with Gasteiger partial charge in [-0.3, -0.25) is 14.3 Å². The second-order valence-corrected chi connectivity index (χ2v) is 10.7. The monoisotopic (exact) mass is 482 g/mol. The molecule has 2 N–H and O–H groups in total. The van der Waals surface area contributed by atoms with Gasteiger partial charge in [0.2, 0.25) is 15.9 Å². The molecule has 1 aromatic carbocycles. The maximum Gasteiger partial charge on any atom is 0.257 e. The fourth-order valence-corrected chi connectivity index (χ4v) is 4.76. The molecule has 0 unspecified atom stereocenters. The van der Waals surface area contributed by atoms with Crippen LogP contribution in [0.4, 0.5) is 5.69 Å². The lowest BCUT2D eigenvalue weighted by Gasteiger charge is -2.42. The number of anilines is 1. The standard InChI is InChI=1S/C22H34N4O6S/c1-25(2)11-5-10-23-21(27)13-16-7-8-18-20(32-16)14-31-19-9-6-15(24-33(4,29)30)12-17(19)22(28)26(18)3/h6,9,12,16,18,20,24H,5,7-8,10-11,13-14H2,1-4H3,(H,23,27)/t16-,18-,20-/m1/s1. The van der Waals surface area contributed by atoms with Crippen LogP contribution in [-0.4, -0.2) is 95.4 Å². The van der Waals surface area contributed by atoms with Gasteiger partial charge < -0.3 is 24.6 Å². The Balaban J connectivity index is 1.63. The van der Waals surface area contributed by atoms with E-state index in [2.05, 4.69) is 14.9 Å². The van der Waals surface area contributed by atoms with E-state index in [1.165, 1.54) is 6.07 Å². The first kappa shape index (κ1) is 25.3. The van der Waals surface area contributed by atoms with Crippen molar-refractivity contribution in [3.05, 3.63) is 23.8 Å². The second-order valence-electron chi connectivity index (χ2n) is 8.96. The van der Waals surface area contributed by atoms with Crippen LogP contribution in [0.25, 0.3) is 0 Å². The number of hydrogen-bond donors (Lipinski definition) is 2. The SMILES string of the molecule is CN(C)CCCNC(=O)C[C@H]1CC[C@@H]2[C@@H](COc3ccc(NS(C)(=O)=O)cc3C(=O)N2C)O1. The minimum absolute atomic E-state index is 0.0374. The number of rotatable bonds is 8. The van der Waals surface area contributed by atoms with E-state index < -0.39 is 10.0 Å². The minimum Gasteiger partial charge on any atom is -0.490 e. The van der Waals surface area contributed by atoms with Crippen LogP contribution in [0.15, 0.2) is 18.2 Å². The first-order chi connectivity index (χ1) is 15.5. The summed E-state index contributed by atoms with van der Waals surface area (Å²) in [6, 6.07) is 4.42. The van der Waals surface area contributed by atoms with Crippen LogP contribution in [0.3, 0.4) is 0 Å². The largest absolute Gasteiger partial charge is 0.490 e. The molecular weight excluding hydrogens is 448 g/mol. The average Bonchev–Trinajstić information content (AvgIpc) is 2.73. The Morgan fingerprint density at radius 2 is 2.03 bits per heavy atom. The van der Waals surface area contributed by atoms with Crippen molar-refractivity contribution >= 4 is 27.5 Å². The van der Waals surface area contributed by atoms with E-state index in [4.69, 9.17) is 9.47 Å². The first-order valence-corrected chi connectivity index (χ1v) is 13.0. The molecule has 11 heteroatoms. The zero-order valence-corrected chi connectivity index (χ0v) is 20.5. The highest BCUT2D eigenvalue weighted by Crippen LogP contribution is 2.32. The third-order valence-corrected chi connectivity index (χ3v) is 6.44. The summed E-state index contributed by atoms with van der Waals surface area (Å²) >= 11 is 0. The maximum absolute atomic E-state index is 13.2. The van der Waals surface area contributed by atoms with E-state index in [9.17, 15) is 18.0 Å². The molecule has 2 heterocycles. The number of likely N-dealkylation sites (N-methyl/N-ethyl adjacent to an activating group) is 1. The number of ether oxygens (including phenoxy) is 2. The molecule has 1 saturated heterocycles. The molecule has 10 nitrogen and oxygen atoms in total. The van der Waals surface area contributed by atoms with Gasteiger partial charge in [-0.2, -0.15) is 0 Å². The van der Waals surface area contributed by atoms with Crippen molar-refractivity contribution in [2.75, 3.05) is 51.8 Å². The van der Waals surface area contributed by atoms with Gasteiger partial charge in [0, 0.05) is 19.3 Å². The Hall–Kier alpha value is -2.37. The Morgan fingerprint density at radius 3 is 2.73 bits per heavy atom. The molecule has 3 rings (SSSR count). The van der Waals surface area contributed by atoms with Gasteiger partial charge in [-0.05, 0) is 58.1 Å². The van der Waals surface area contributed by atoms with Crippen LogP contribution in [0.5, 0.6) is 5.75 Å². The van der Waals surface area contributed by atoms with Gasteiger partial charge in [-0.15, -0.1) is 0 Å². The van der Waals surface area contributed by atoms with Gasteiger partial charge in [0.05, 0.1) is 30.4 Å². The lowest BCUT2D eigenvalue weighted by Crippen LogP contribution is -2.54. The summed E-state index contributed by atoms with van der Waals surface area (Å²) < 4.78 is 37.6. The molecule has 33 heavy (non-hydrogen) atoms. The van der Waals surface area contributed by atoms with E-state index >= 15 is 0 Å². The number of amides is 2. The lowest BCUT2D eigenvalue weighted by atomic mass is 9.94. The molecule has 184 valence electrons. The van der Waals surface area contributed by atoms with Crippen molar-refractivity contribution in [3.8, 4) is 5.75 Å². The Morgan fingerprint density at radius 1 is 1.27 bits per heavy atom. The normalized spacial score (nSPS) is 23.1. The fourth-order valence-electron chi connectivity index (χ4n) is 4.21. The highest BCUT2D eigenvalue weighted by molar-refractivity contribution is 7.92. The Kier molecular flexibility index (Phi) is 8.19. The highest BCUT2D eigenvalue weighted by Gasteiger charge is 2.39. The van der Waals surface area contributed by atoms with Crippen molar-refractivity contribution < 1.29 is 27.5 Å². The van der Waals surface area contributed by atoms with E-state index in [-0.39, 0.29) is 43.1 Å². The van der Waals surface area contributed by atoms with Crippen molar-refractivity contribution in [2.45, 2.75) is 43.9 Å². The number of nitrogens with one attached hydrogen (secondary N) is 2. The predicted molar refractivity (Wildman–Crippen MR) is 125 cm³/mol. The molecular formula is C22H34N4O6S. The molecule has 0 saturated carbocycles. The summed E-state index contributed by atoms with van der Waals surface area (Å²) in [7, 11) is 2.24. The summed E-state index contributed by atoms with van der Waals surface area (Å²) in [5, 5.41) is 2.94. The molecule has 3 atom stereocenters. The number of carbonyl (C=O) groups is 2. The maximum atomic E-state index is 13.2. The lowest BCUT2D eigenvalue weighted by molar-refractivity contribution is -0.134. The fraction of sp³-hybridized carbons (Fsp3) is 0.636. The molecule has 0 aliphatic carbocycles. The van der Waals surface area contributed by atoms with Crippen molar-refractivity contribution in [3.63, 3.8) is 0 Å². The molecule has 0 bridgehead atoms. The van der Waals surface area contributed by atoms with Crippen LogP contribution in [0, 0.1) is 0 Å². The topological polar surface area (TPSA) is 117 Å². The third-order valence-electron chi connectivity index (χ3n) is 5.83. The zero-order chi connectivity index (χ0) is 24.2. The van der Waals surface area contributed by atoms with Crippen LogP contribution in [-0.2, 0) is 19.6 Å². The molecule has 0 aromatic heterocycles. The Labute approximate surface area is 195 Å². The second kappa shape index (κ2) is 10.7. The van der Waals surface area contributed by atoms with Gasteiger partial charge in [-0.25, -0.2) is 8.42 Å². The molecule has 2 aliphatic rings. The number of nitrogens with zero attached hydrogens (tertiary/aromatic N) is 2. The molecule has 0 spiro atoms. The van der Waals surface area contributed by atoms with E-state index in [0.717, 1.165) is 19.2 Å². The Bertz CT molecular complexity index is 968. The summed E-state index contributed by atoms with van der Waals surface area (Å²) in [5.41, 5.74) is 0.596. The first-order valence-electron chi connectivity index (χ1n) is 11.1. The van der Waals surface area contributed by atoms with Gasteiger partial charge in [0.25, 0.3) is 5.91 Å². The highest BCUT2D eigenvalue weighted by atomic mass is 32.2. The summed E-state index contributed by atoms with van der Waals surface area (Å²) in [4.78, 5) is 29.2. The summed E-state index contributed by atoms with van der Waals surface area (Å²) in [5.74, 6) is 0.0656. The molecule has 2 amide bonds. The zero-order valence-electron chi connectivity index (χ0n) is 19.7.